The summed E-state index contributed by atoms with van der Waals surface area (Å²) in [5.41, 5.74) is 5.18. The summed E-state index contributed by atoms with van der Waals surface area (Å²) >= 11 is 0. The summed E-state index contributed by atoms with van der Waals surface area (Å²) in [6.07, 6.45) is 0. The van der Waals surface area contributed by atoms with Gasteiger partial charge < -0.3 is 10.5 Å². The standard InChI is InChI=1S/C12H10N4O5/c1-7-3-2-4-8(15(17)18)11(7)21-12-9(16(19)20)5-6-10(13)14-12/h2-6H,1H3,(H2,13,14). The highest BCUT2D eigenvalue weighted by molar-refractivity contribution is 5.55. The van der Waals surface area contributed by atoms with E-state index in [1.165, 1.54) is 18.2 Å². The van der Waals surface area contributed by atoms with E-state index in [0.29, 0.717) is 5.56 Å². The SMILES string of the molecule is Cc1cccc([N+](=O)[O-])c1Oc1nc(N)ccc1[N+](=O)[O-]. The number of nitro benzene ring substituents is 1. The van der Waals surface area contributed by atoms with Crippen LogP contribution in [-0.2, 0) is 0 Å². The van der Waals surface area contributed by atoms with E-state index in [9.17, 15) is 20.2 Å². The summed E-state index contributed by atoms with van der Waals surface area (Å²) in [6.45, 7) is 1.58. The Morgan fingerprint density at radius 2 is 1.76 bits per heavy atom. The first-order valence-electron chi connectivity index (χ1n) is 5.73. The van der Waals surface area contributed by atoms with Gasteiger partial charge in [-0.25, -0.2) is 0 Å². The largest absolute Gasteiger partial charge is 0.426 e. The molecule has 0 aliphatic carbocycles. The highest BCUT2D eigenvalue weighted by atomic mass is 16.6. The van der Waals surface area contributed by atoms with Crippen LogP contribution in [0, 0.1) is 27.2 Å². The molecule has 0 radical (unpaired) electrons. The Bertz CT molecular complexity index is 732. The maximum absolute atomic E-state index is 11.0. The molecule has 9 nitrogen and oxygen atoms in total. The van der Waals surface area contributed by atoms with Crippen LogP contribution in [-0.4, -0.2) is 14.8 Å². The van der Waals surface area contributed by atoms with E-state index in [0.717, 1.165) is 6.07 Å². The molecule has 0 unspecified atom stereocenters. The fourth-order valence-electron chi connectivity index (χ4n) is 1.67. The van der Waals surface area contributed by atoms with E-state index in [-0.39, 0.29) is 17.3 Å². The van der Waals surface area contributed by atoms with Gasteiger partial charge in [0.05, 0.1) is 9.85 Å². The minimum atomic E-state index is -0.703. The molecule has 0 aliphatic heterocycles. The number of benzene rings is 1. The van der Waals surface area contributed by atoms with E-state index < -0.39 is 21.4 Å². The Balaban J connectivity index is 2.55. The van der Waals surface area contributed by atoms with Gasteiger partial charge in [-0.3, -0.25) is 20.2 Å². The zero-order valence-corrected chi connectivity index (χ0v) is 10.8. The number of aromatic nitrogens is 1. The molecule has 0 amide bonds. The first-order valence-corrected chi connectivity index (χ1v) is 5.73. The second-order valence-electron chi connectivity index (χ2n) is 4.10. The van der Waals surface area contributed by atoms with Gasteiger partial charge in [-0.2, -0.15) is 4.98 Å². The smallest absolute Gasteiger partial charge is 0.331 e. The van der Waals surface area contributed by atoms with Crippen molar-refractivity contribution in [2.75, 3.05) is 5.73 Å². The molecule has 0 saturated heterocycles. The van der Waals surface area contributed by atoms with E-state index >= 15 is 0 Å². The highest BCUT2D eigenvalue weighted by Gasteiger charge is 2.23. The molecule has 1 heterocycles. The topological polar surface area (TPSA) is 134 Å². The fraction of sp³-hybridized carbons (Fsp3) is 0.0833. The van der Waals surface area contributed by atoms with Crippen molar-refractivity contribution in [2.24, 2.45) is 0 Å². The summed E-state index contributed by atoms with van der Waals surface area (Å²) < 4.78 is 5.30. The third-order valence-corrected chi connectivity index (χ3v) is 2.64. The number of pyridine rings is 1. The van der Waals surface area contributed by atoms with E-state index in [4.69, 9.17) is 10.5 Å². The lowest BCUT2D eigenvalue weighted by molar-refractivity contribution is -0.387. The number of aryl methyl sites for hydroxylation is 1. The number of rotatable bonds is 4. The van der Waals surface area contributed by atoms with Crippen molar-refractivity contribution in [1.82, 2.24) is 4.98 Å². The zero-order valence-electron chi connectivity index (χ0n) is 10.8. The Kier molecular flexibility index (Phi) is 3.65. The van der Waals surface area contributed by atoms with Gasteiger partial charge in [0.15, 0.2) is 0 Å². The number of nitrogens with zero attached hydrogens (tertiary/aromatic N) is 3. The molecule has 0 aliphatic rings. The maximum atomic E-state index is 11.0. The average molecular weight is 290 g/mol. The van der Waals surface area contributed by atoms with Crippen molar-refractivity contribution in [2.45, 2.75) is 6.92 Å². The number of nitro groups is 2. The molecule has 0 saturated carbocycles. The van der Waals surface area contributed by atoms with Crippen molar-refractivity contribution < 1.29 is 14.6 Å². The minimum absolute atomic E-state index is 0.00633. The lowest BCUT2D eigenvalue weighted by Gasteiger charge is -2.08. The van der Waals surface area contributed by atoms with Gasteiger partial charge in [0.1, 0.15) is 5.82 Å². The highest BCUT2D eigenvalue weighted by Crippen LogP contribution is 2.37. The molecular weight excluding hydrogens is 280 g/mol. The first-order chi connectivity index (χ1) is 9.90. The number of anilines is 1. The molecule has 21 heavy (non-hydrogen) atoms. The van der Waals surface area contributed by atoms with Crippen LogP contribution in [0.2, 0.25) is 0 Å². The number of hydrogen-bond donors (Lipinski definition) is 1. The van der Waals surface area contributed by atoms with Crippen LogP contribution in [0.5, 0.6) is 11.6 Å². The van der Waals surface area contributed by atoms with Gasteiger partial charge in [-0.15, -0.1) is 0 Å². The summed E-state index contributed by atoms with van der Waals surface area (Å²) in [6, 6.07) is 6.68. The van der Waals surface area contributed by atoms with Crippen LogP contribution in [0.1, 0.15) is 5.56 Å². The lowest BCUT2D eigenvalue weighted by Crippen LogP contribution is -2.01. The van der Waals surface area contributed by atoms with E-state index in [1.54, 1.807) is 13.0 Å². The number of para-hydroxylation sites is 1. The molecular formula is C12H10N4O5. The molecule has 2 aromatic rings. The molecule has 0 fully saturated rings. The molecule has 0 bridgehead atoms. The quantitative estimate of drug-likeness (QED) is 0.675. The molecule has 0 spiro atoms. The maximum Gasteiger partial charge on any atom is 0.331 e. The predicted molar refractivity (Wildman–Crippen MR) is 73.2 cm³/mol. The van der Waals surface area contributed by atoms with Crippen LogP contribution >= 0.6 is 0 Å². The van der Waals surface area contributed by atoms with Crippen LogP contribution < -0.4 is 10.5 Å². The van der Waals surface area contributed by atoms with Crippen molar-refractivity contribution >= 4 is 17.2 Å². The second-order valence-corrected chi connectivity index (χ2v) is 4.10. The normalized spacial score (nSPS) is 10.1. The number of nitrogen functional groups attached to an aromatic ring is 1. The summed E-state index contributed by atoms with van der Waals surface area (Å²) in [4.78, 5) is 24.3. The molecule has 2 N–H and O–H groups in total. The zero-order chi connectivity index (χ0) is 15.6. The molecule has 9 heteroatoms. The van der Waals surface area contributed by atoms with Gasteiger partial charge in [0, 0.05) is 12.1 Å². The minimum Gasteiger partial charge on any atom is -0.426 e. The third-order valence-electron chi connectivity index (χ3n) is 2.64. The van der Waals surface area contributed by atoms with Gasteiger partial charge >= 0.3 is 17.3 Å². The van der Waals surface area contributed by atoms with Crippen molar-refractivity contribution in [3.8, 4) is 11.6 Å². The number of nitrogens with two attached hydrogens (primary N) is 1. The molecule has 2 rings (SSSR count). The molecule has 108 valence electrons. The third kappa shape index (κ3) is 2.86. The monoisotopic (exact) mass is 290 g/mol. The van der Waals surface area contributed by atoms with Crippen LogP contribution in [0.3, 0.4) is 0 Å². The summed E-state index contributed by atoms with van der Waals surface area (Å²) in [7, 11) is 0. The summed E-state index contributed by atoms with van der Waals surface area (Å²) in [5.74, 6) is -0.493. The van der Waals surface area contributed by atoms with Crippen molar-refractivity contribution in [3.63, 3.8) is 0 Å². The van der Waals surface area contributed by atoms with E-state index in [1.807, 2.05) is 0 Å². The first kappa shape index (κ1) is 14.2. The van der Waals surface area contributed by atoms with Crippen LogP contribution in [0.4, 0.5) is 17.2 Å². The molecule has 1 aromatic heterocycles. The fourth-order valence-corrected chi connectivity index (χ4v) is 1.67. The Morgan fingerprint density at radius 3 is 2.38 bits per heavy atom. The van der Waals surface area contributed by atoms with Crippen molar-refractivity contribution in [3.05, 3.63) is 56.1 Å². The second kappa shape index (κ2) is 5.41. The van der Waals surface area contributed by atoms with Crippen LogP contribution in [0.15, 0.2) is 30.3 Å². The van der Waals surface area contributed by atoms with Gasteiger partial charge in [0.25, 0.3) is 0 Å². The average Bonchev–Trinajstić information content (AvgIpc) is 2.40. The Hall–Kier alpha value is -3.23. The van der Waals surface area contributed by atoms with Gasteiger partial charge in [-0.1, -0.05) is 12.1 Å². The molecule has 1 aromatic carbocycles. The lowest BCUT2D eigenvalue weighted by atomic mass is 10.2. The predicted octanol–water partition coefficient (Wildman–Crippen LogP) is 2.58. The van der Waals surface area contributed by atoms with E-state index in [2.05, 4.69) is 4.98 Å². The summed E-state index contributed by atoms with van der Waals surface area (Å²) in [5, 5.41) is 21.9. The van der Waals surface area contributed by atoms with Crippen molar-refractivity contribution in [1.29, 1.82) is 0 Å². The number of hydrogen-bond acceptors (Lipinski definition) is 7. The Labute approximate surface area is 118 Å². The number of ether oxygens (including phenoxy) is 1. The Morgan fingerprint density at radius 1 is 1.10 bits per heavy atom. The van der Waals surface area contributed by atoms with Crippen LogP contribution in [0.25, 0.3) is 0 Å². The molecule has 0 atom stereocenters. The van der Waals surface area contributed by atoms with Gasteiger partial charge in [-0.05, 0) is 18.6 Å². The van der Waals surface area contributed by atoms with Gasteiger partial charge in [0.2, 0.25) is 5.75 Å².